The number of ether oxygens (including phenoxy) is 3. The van der Waals surface area contributed by atoms with Crippen LogP contribution in [-0.2, 0) is 43.5 Å². The van der Waals surface area contributed by atoms with E-state index in [9.17, 15) is 14.7 Å². The minimum atomic E-state index is -0.863. The molecule has 9 nitrogen and oxygen atoms in total. The smallest absolute Gasteiger partial charge is 0.303 e. The van der Waals surface area contributed by atoms with Gasteiger partial charge in [-0.25, -0.2) is 4.98 Å². The van der Waals surface area contributed by atoms with Crippen LogP contribution < -0.4 is 5.32 Å². The molecule has 1 aliphatic heterocycles. The highest BCUT2D eigenvalue weighted by Crippen LogP contribution is 2.43. The van der Waals surface area contributed by atoms with E-state index >= 15 is 0 Å². The molecular formula is C38H39N3O6. The van der Waals surface area contributed by atoms with Gasteiger partial charge in [0.05, 0.1) is 42.7 Å². The molecule has 5 atom stereocenters. The number of aromatic nitrogens is 2. The number of nitrogens with one attached hydrogen (secondary N) is 1. The Morgan fingerprint density at radius 2 is 1.66 bits per heavy atom. The number of amides is 1. The molecule has 0 spiro atoms. The molecule has 242 valence electrons. The molecule has 47 heavy (non-hydrogen) atoms. The predicted octanol–water partition coefficient (Wildman–Crippen LogP) is 6.26. The van der Waals surface area contributed by atoms with Crippen LogP contribution in [0.2, 0.25) is 0 Å². The van der Waals surface area contributed by atoms with Gasteiger partial charge in [0.2, 0.25) is 0 Å². The predicted molar refractivity (Wildman–Crippen MR) is 178 cm³/mol. The van der Waals surface area contributed by atoms with Crippen molar-refractivity contribution in [3.05, 3.63) is 126 Å². The summed E-state index contributed by atoms with van der Waals surface area (Å²) in [6, 6.07) is 32.0. The summed E-state index contributed by atoms with van der Waals surface area (Å²) in [5, 5.41) is 12.4. The van der Waals surface area contributed by atoms with Crippen LogP contribution in [0.25, 0.3) is 22.2 Å². The maximum atomic E-state index is 12.4. The normalized spacial score (nSPS) is 20.1. The number of aliphatic hydroxyl groups is 1. The second kappa shape index (κ2) is 14.3. The van der Waals surface area contributed by atoms with Crippen LogP contribution in [0.1, 0.15) is 55.4 Å². The van der Waals surface area contributed by atoms with Crippen molar-refractivity contribution in [3.8, 4) is 11.1 Å². The molecule has 2 heterocycles. The van der Waals surface area contributed by atoms with E-state index in [-0.39, 0.29) is 30.6 Å². The number of nitrogens with zero attached hydrogens (tertiary/aromatic N) is 2. The van der Waals surface area contributed by atoms with Crippen LogP contribution in [0.4, 0.5) is 0 Å². The zero-order valence-electron chi connectivity index (χ0n) is 26.7. The van der Waals surface area contributed by atoms with E-state index in [1.165, 1.54) is 6.92 Å². The number of rotatable bonds is 10. The average molecular weight is 634 g/mol. The number of carbonyl (C=O) groups is 2. The molecule has 5 aromatic rings. The van der Waals surface area contributed by atoms with Gasteiger partial charge in [0, 0.05) is 24.9 Å². The molecule has 5 unspecified atom stereocenters. The van der Waals surface area contributed by atoms with Gasteiger partial charge in [-0.2, -0.15) is 0 Å². The molecule has 1 aliphatic rings. The van der Waals surface area contributed by atoms with Crippen LogP contribution in [0.5, 0.6) is 0 Å². The van der Waals surface area contributed by atoms with Gasteiger partial charge in [-0.1, -0.05) is 79.7 Å². The van der Waals surface area contributed by atoms with Gasteiger partial charge in [0.25, 0.3) is 5.91 Å². The molecule has 0 aliphatic carbocycles. The third kappa shape index (κ3) is 7.44. The van der Waals surface area contributed by atoms with Gasteiger partial charge in [-0.05, 0) is 59.0 Å². The van der Waals surface area contributed by atoms with Crippen molar-refractivity contribution < 1.29 is 28.9 Å². The van der Waals surface area contributed by atoms with E-state index in [0.29, 0.717) is 13.1 Å². The fraction of sp³-hybridized carbons (Fsp3) is 0.289. The van der Waals surface area contributed by atoms with E-state index in [2.05, 4.69) is 33.9 Å². The Kier molecular flexibility index (Phi) is 9.77. The number of imidazole rings is 1. The summed E-state index contributed by atoms with van der Waals surface area (Å²) in [5.74, 6) is -0.833. The average Bonchev–Trinajstić information content (AvgIpc) is 3.50. The number of hydrogen-bond donors (Lipinski definition) is 2. The molecule has 0 saturated carbocycles. The lowest BCUT2D eigenvalue weighted by molar-refractivity contribution is -0.276. The number of aliphatic hydroxyl groups excluding tert-OH is 1. The number of hydrogen-bond acceptors (Lipinski definition) is 7. The molecule has 0 radical (unpaired) electrons. The highest BCUT2D eigenvalue weighted by molar-refractivity contribution is 5.83. The molecule has 2 N–H and O–H groups in total. The monoisotopic (exact) mass is 633 g/mol. The van der Waals surface area contributed by atoms with Gasteiger partial charge in [-0.15, -0.1) is 0 Å². The third-order valence-corrected chi connectivity index (χ3v) is 8.63. The first-order chi connectivity index (χ1) is 22.8. The largest absolute Gasteiger partial charge is 0.453 e. The first-order valence-electron chi connectivity index (χ1n) is 15.8. The van der Waals surface area contributed by atoms with E-state index in [1.54, 1.807) is 6.92 Å². The van der Waals surface area contributed by atoms with E-state index in [1.807, 2.05) is 91.3 Å². The molecule has 9 heteroatoms. The fourth-order valence-corrected chi connectivity index (χ4v) is 6.04. The maximum absolute atomic E-state index is 12.4. The van der Waals surface area contributed by atoms with E-state index < -0.39 is 18.4 Å². The Labute approximate surface area is 274 Å². The summed E-state index contributed by atoms with van der Waals surface area (Å²) in [4.78, 5) is 28.2. The Morgan fingerprint density at radius 3 is 2.43 bits per heavy atom. The van der Waals surface area contributed by atoms with Crippen LogP contribution in [-0.4, -0.2) is 38.7 Å². The lowest BCUT2D eigenvalue weighted by Crippen LogP contribution is -2.39. The summed E-state index contributed by atoms with van der Waals surface area (Å²) >= 11 is 0. The first-order valence-corrected chi connectivity index (χ1v) is 15.8. The molecule has 1 aromatic heterocycles. The summed E-state index contributed by atoms with van der Waals surface area (Å²) in [6.07, 6.45) is -0.0503. The summed E-state index contributed by atoms with van der Waals surface area (Å²) in [7, 11) is 0. The number of benzene rings is 4. The molecule has 1 amide bonds. The highest BCUT2D eigenvalue weighted by Gasteiger charge is 2.38. The Hall–Kier alpha value is -4.83. The Balaban J connectivity index is 1.25. The zero-order chi connectivity index (χ0) is 32.9. The molecular weight excluding hydrogens is 594 g/mol. The molecule has 6 rings (SSSR count). The maximum Gasteiger partial charge on any atom is 0.303 e. The molecule has 0 bridgehead atoms. The van der Waals surface area contributed by atoms with Crippen LogP contribution in [0.15, 0.2) is 103 Å². The summed E-state index contributed by atoms with van der Waals surface area (Å²) < 4.78 is 20.6. The van der Waals surface area contributed by atoms with Crippen molar-refractivity contribution in [2.45, 2.75) is 65.1 Å². The van der Waals surface area contributed by atoms with Crippen molar-refractivity contribution in [2.24, 2.45) is 5.92 Å². The standard InChI is InChI=1S/C38H39N3O6/c1-24-35(21-41-23-40-33-12-4-5-13-34(33)41)46-38(47-36(24)29-16-14-27(22-42)15-17-29)32-11-7-10-31(19-32)30-9-6-8-28(18-30)20-39-37(44)25(2)45-26(3)43/h4-19,23-25,35-36,38,42H,20-22H2,1-3H3,(H,39,44). The van der Waals surface area contributed by atoms with E-state index in [0.717, 1.165) is 44.4 Å². The van der Waals surface area contributed by atoms with Gasteiger partial charge < -0.3 is 29.2 Å². The number of para-hydroxylation sites is 2. The molecule has 1 saturated heterocycles. The topological polar surface area (TPSA) is 112 Å². The number of fused-ring (bicyclic) bond motifs is 1. The fourth-order valence-electron chi connectivity index (χ4n) is 6.04. The second-order valence-corrected chi connectivity index (χ2v) is 12.0. The summed E-state index contributed by atoms with van der Waals surface area (Å²) in [6.45, 7) is 5.87. The second-order valence-electron chi connectivity index (χ2n) is 12.0. The summed E-state index contributed by atoms with van der Waals surface area (Å²) in [5.41, 5.74) is 7.62. The molecule has 4 aromatic carbocycles. The third-order valence-electron chi connectivity index (χ3n) is 8.63. The van der Waals surface area contributed by atoms with E-state index in [4.69, 9.17) is 14.2 Å². The quantitative estimate of drug-likeness (QED) is 0.175. The van der Waals surface area contributed by atoms with Gasteiger partial charge in [0.15, 0.2) is 12.4 Å². The minimum Gasteiger partial charge on any atom is -0.453 e. The number of carbonyl (C=O) groups excluding carboxylic acids is 2. The van der Waals surface area contributed by atoms with Crippen molar-refractivity contribution in [1.82, 2.24) is 14.9 Å². The Morgan fingerprint density at radius 1 is 0.915 bits per heavy atom. The van der Waals surface area contributed by atoms with Crippen molar-refractivity contribution in [2.75, 3.05) is 0 Å². The first kappa shape index (κ1) is 32.1. The number of esters is 1. The van der Waals surface area contributed by atoms with Gasteiger partial charge in [0.1, 0.15) is 0 Å². The lowest BCUT2D eigenvalue weighted by Gasteiger charge is -2.41. The zero-order valence-corrected chi connectivity index (χ0v) is 26.7. The molecule has 1 fully saturated rings. The Bertz CT molecular complexity index is 1850. The van der Waals surface area contributed by atoms with Crippen LogP contribution in [0.3, 0.4) is 0 Å². The SMILES string of the molecule is CC(=O)OC(C)C(=O)NCc1cccc(-c2cccc(C3OC(Cn4cnc5ccccc54)C(C)C(c4ccc(CO)cc4)O3)c2)c1. The van der Waals surface area contributed by atoms with Gasteiger partial charge >= 0.3 is 5.97 Å². The van der Waals surface area contributed by atoms with Gasteiger partial charge in [-0.3, -0.25) is 9.59 Å². The van der Waals surface area contributed by atoms with Crippen LogP contribution in [0, 0.1) is 5.92 Å². The minimum absolute atomic E-state index is 0.0167. The van der Waals surface area contributed by atoms with Crippen LogP contribution >= 0.6 is 0 Å². The van der Waals surface area contributed by atoms with Crippen molar-refractivity contribution in [1.29, 1.82) is 0 Å². The highest BCUT2D eigenvalue weighted by atomic mass is 16.7. The van der Waals surface area contributed by atoms with Crippen molar-refractivity contribution in [3.63, 3.8) is 0 Å². The lowest BCUT2D eigenvalue weighted by atomic mass is 9.90. The van der Waals surface area contributed by atoms with Crippen molar-refractivity contribution >= 4 is 22.9 Å².